The van der Waals surface area contributed by atoms with Gasteiger partial charge in [0.15, 0.2) is 5.82 Å². The summed E-state index contributed by atoms with van der Waals surface area (Å²) in [4.78, 5) is 8.11. The summed E-state index contributed by atoms with van der Waals surface area (Å²) in [6.07, 6.45) is 1.22. The predicted octanol–water partition coefficient (Wildman–Crippen LogP) is 4.51. The maximum atomic E-state index is 14.1. The van der Waals surface area contributed by atoms with E-state index in [9.17, 15) is 17.6 Å². The molecular weight excluding hydrogens is 404 g/mol. The molecule has 3 aromatic rings. The number of nitrogens with one attached hydrogen (secondary N) is 1. The van der Waals surface area contributed by atoms with Crippen LogP contribution in [0.2, 0.25) is 5.02 Å². The summed E-state index contributed by atoms with van der Waals surface area (Å²) in [5.41, 5.74) is 6.41. The van der Waals surface area contributed by atoms with Gasteiger partial charge >= 0.3 is 6.61 Å². The summed E-state index contributed by atoms with van der Waals surface area (Å²) in [5, 5.41) is 2.50. The Morgan fingerprint density at radius 2 is 1.93 bits per heavy atom. The van der Waals surface area contributed by atoms with E-state index in [1.807, 2.05) is 0 Å². The van der Waals surface area contributed by atoms with Crippen LogP contribution in [0.3, 0.4) is 0 Å². The Morgan fingerprint density at radius 3 is 2.68 bits per heavy atom. The molecule has 0 bridgehead atoms. The number of fused-ring (bicyclic) bond motifs is 1. The molecule has 0 radical (unpaired) electrons. The Balaban J connectivity index is 1.87. The van der Waals surface area contributed by atoms with Crippen molar-refractivity contribution in [3.63, 3.8) is 0 Å². The second-order valence-electron chi connectivity index (χ2n) is 5.46. The van der Waals surface area contributed by atoms with E-state index in [1.165, 1.54) is 24.5 Å². The summed E-state index contributed by atoms with van der Waals surface area (Å²) in [5.74, 6) is -1.45. The molecule has 0 spiro atoms. The van der Waals surface area contributed by atoms with Crippen LogP contribution in [0.15, 0.2) is 30.6 Å². The molecule has 0 aliphatic heterocycles. The number of benzene rings is 2. The summed E-state index contributed by atoms with van der Waals surface area (Å²) in [6.45, 7) is -3.36. The van der Waals surface area contributed by atoms with Gasteiger partial charge < -0.3 is 20.5 Å². The van der Waals surface area contributed by atoms with E-state index in [0.29, 0.717) is 10.9 Å². The van der Waals surface area contributed by atoms with Gasteiger partial charge in [0.05, 0.1) is 23.5 Å². The molecule has 1 aromatic heterocycles. The summed E-state index contributed by atoms with van der Waals surface area (Å²) in [6, 6.07) is 5.14. The number of nitrogens with two attached hydrogens (primary N) is 1. The maximum Gasteiger partial charge on any atom is 0.345 e. The zero-order chi connectivity index (χ0) is 20.3. The van der Waals surface area contributed by atoms with Crippen molar-refractivity contribution in [2.75, 3.05) is 24.3 Å². The molecule has 11 heteroatoms. The van der Waals surface area contributed by atoms with Gasteiger partial charge in [0.25, 0.3) is 0 Å². The lowest BCUT2D eigenvalue weighted by Gasteiger charge is -2.13. The quantitative estimate of drug-likeness (QED) is 0.255. The van der Waals surface area contributed by atoms with Gasteiger partial charge in [-0.3, -0.25) is 0 Å². The van der Waals surface area contributed by atoms with Crippen LogP contribution in [0, 0.1) is 11.6 Å². The van der Waals surface area contributed by atoms with E-state index < -0.39 is 23.3 Å². The average Bonchev–Trinajstić information content (AvgIpc) is 2.66. The highest BCUT2D eigenvalue weighted by Gasteiger charge is 2.15. The molecule has 0 saturated carbocycles. The van der Waals surface area contributed by atoms with Gasteiger partial charge in [0.2, 0.25) is 0 Å². The lowest BCUT2D eigenvalue weighted by molar-refractivity contribution is -0.133. The summed E-state index contributed by atoms with van der Waals surface area (Å²) < 4.78 is 60.8. The molecule has 3 N–H and O–H groups in total. The van der Waals surface area contributed by atoms with Crippen LogP contribution in [0.5, 0.6) is 5.75 Å². The van der Waals surface area contributed by atoms with Crippen LogP contribution in [0.1, 0.15) is 0 Å². The Morgan fingerprint density at radius 1 is 1.14 bits per heavy atom. The first-order valence-electron chi connectivity index (χ1n) is 7.84. The molecule has 3 rings (SSSR count). The Bertz CT molecular complexity index is 1010. The van der Waals surface area contributed by atoms with Crippen LogP contribution in [-0.4, -0.2) is 29.8 Å². The predicted molar refractivity (Wildman–Crippen MR) is 96.1 cm³/mol. The van der Waals surface area contributed by atoms with E-state index in [2.05, 4.69) is 20.0 Å². The highest BCUT2D eigenvalue weighted by molar-refractivity contribution is 6.31. The second-order valence-corrected chi connectivity index (χ2v) is 5.84. The maximum absolute atomic E-state index is 14.1. The minimum Gasteiger partial charge on any atom is -0.489 e. The lowest BCUT2D eigenvalue weighted by Crippen LogP contribution is -2.10. The van der Waals surface area contributed by atoms with E-state index in [-0.39, 0.29) is 36.2 Å². The van der Waals surface area contributed by atoms with Crippen molar-refractivity contribution in [1.29, 1.82) is 0 Å². The molecule has 28 heavy (non-hydrogen) atoms. The highest BCUT2D eigenvalue weighted by atomic mass is 35.5. The third-order valence-corrected chi connectivity index (χ3v) is 3.99. The SMILES string of the molecule is Nc1cc2c(Nc3ccc(F)c(Cl)c3F)ncnc2cc1OCCOC(F)F. The molecule has 0 atom stereocenters. The monoisotopic (exact) mass is 416 g/mol. The van der Waals surface area contributed by atoms with Gasteiger partial charge in [-0.2, -0.15) is 8.78 Å². The number of hydrogen-bond donors (Lipinski definition) is 2. The van der Waals surface area contributed by atoms with E-state index >= 15 is 0 Å². The number of rotatable bonds is 7. The molecule has 0 amide bonds. The van der Waals surface area contributed by atoms with Gasteiger partial charge in [-0.1, -0.05) is 11.6 Å². The Labute approximate surface area is 161 Å². The molecule has 0 aliphatic carbocycles. The number of alkyl halides is 2. The van der Waals surface area contributed by atoms with Gasteiger partial charge in [0, 0.05) is 11.5 Å². The Kier molecular flexibility index (Phi) is 6.00. The smallest absolute Gasteiger partial charge is 0.345 e. The number of halogens is 5. The first-order valence-corrected chi connectivity index (χ1v) is 8.22. The number of hydrogen-bond acceptors (Lipinski definition) is 6. The zero-order valence-electron chi connectivity index (χ0n) is 14.1. The number of nitrogen functional groups attached to an aromatic ring is 1. The van der Waals surface area contributed by atoms with E-state index in [4.69, 9.17) is 22.1 Å². The van der Waals surface area contributed by atoms with Crippen molar-refractivity contribution in [1.82, 2.24) is 9.97 Å². The molecule has 6 nitrogen and oxygen atoms in total. The molecule has 0 fully saturated rings. The van der Waals surface area contributed by atoms with E-state index in [1.54, 1.807) is 0 Å². The number of anilines is 3. The van der Waals surface area contributed by atoms with Crippen molar-refractivity contribution in [3.05, 3.63) is 47.2 Å². The van der Waals surface area contributed by atoms with Crippen LogP contribution < -0.4 is 15.8 Å². The molecule has 1 heterocycles. The molecule has 0 saturated heterocycles. The molecule has 0 aliphatic rings. The third-order valence-electron chi connectivity index (χ3n) is 3.64. The summed E-state index contributed by atoms with van der Waals surface area (Å²) in [7, 11) is 0. The minimum absolute atomic E-state index is 0.0885. The van der Waals surface area contributed by atoms with Crippen molar-refractivity contribution < 1.29 is 27.0 Å². The molecule has 148 valence electrons. The van der Waals surface area contributed by atoms with Crippen LogP contribution in [0.25, 0.3) is 10.9 Å². The van der Waals surface area contributed by atoms with Gasteiger partial charge in [-0.15, -0.1) is 0 Å². The van der Waals surface area contributed by atoms with Crippen LogP contribution >= 0.6 is 11.6 Å². The highest BCUT2D eigenvalue weighted by Crippen LogP contribution is 2.33. The van der Waals surface area contributed by atoms with Crippen molar-refractivity contribution in [3.8, 4) is 5.75 Å². The fourth-order valence-corrected chi connectivity index (χ4v) is 2.53. The molecular formula is C17H13ClF4N4O2. The minimum atomic E-state index is -2.89. The van der Waals surface area contributed by atoms with Gasteiger partial charge in [0.1, 0.15) is 35.3 Å². The number of aromatic nitrogens is 2. The van der Waals surface area contributed by atoms with Crippen molar-refractivity contribution in [2.45, 2.75) is 6.61 Å². The van der Waals surface area contributed by atoms with Gasteiger partial charge in [-0.25, -0.2) is 18.7 Å². The lowest BCUT2D eigenvalue weighted by atomic mass is 10.2. The Hall–Kier alpha value is -2.85. The van der Waals surface area contributed by atoms with Crippen molar-refractivity contribution in [2.24, 2.45) is 0 Å². The largest absolute Gasteiger partial charge is 0.489 e. The first-order chi connectivity index (χ1) is 13.4. The second kappa shape index (κ2) is 8.44. The standard InChI is InChI=1S/C17H13ClF4N4O2/c18-14-9(19)1-2-11(15(14)20)26-16-8-5-10(23)13(6-12(8)24-7-25-16)27-3-4-28-17(21)22/h1-2,5-7,17H,3-4,23H2,(H,24,25,26). The topological polar surface area (TPSA) is 82.3 Å². The van der Waals surface area contributed by atoms with Gasteiger partial charge in [-0.05, 0) is 18.2 Å². The molecule has 0 unspecified atom stereocenters. The zero-order valence-corrected chi connectivity index (χ0v) is 14.8. The van der Waals surface area contributed by atoms with E-state index in [0.717, 1.165) is 6.07 Å². The molecule has 2 aromatic carbocycles. The summed E-state index contributed by atoms with van der Waals surface area (Å²) >= 11 is 5.58. The first kappa shape index (κ1) is 19.9. The number of nitrogens with zero attached hydrogens (tertiary/aromatic N) is 2. The fraction of sp³-hybridized carbons (Fsp3) is 0.176. The van der Waals surface area contributed by atoms with Crippen molar-refractivity contribution >= 4 is 39.7 Å². The number of ether oxygens (including phenoxy) is 2. The van der Waals surface area contributed by atoms with Crippen LogP contribution in [0.4, 0.5) is 34.8 Å². The normalized spacial score (nSPS) is 11.2. The average molecular weight is 417 g/mol. The third kappa shape index (κ3) is 4.34. The fourth-order valence-electron chi connectivity index (χ4n) is 2.36. The van der Waals surface area contributed by atoms with Crippen LogP contribution in [-0.2, 0) is 4.74 Å².